The molecule has 1 fully saturated rings. The molecule has 0 saturated heterocycles. The van der Waals surface area contributed by atoms with Crippen LogP contribution in [0, 0.1) is 5.41 Å². The molecule has 66 valence electrons. The molecule has 1 saturated carbocycles. The van der Waals surface area contributed by atoms with Crippen molar-refractivity contribution in [2.45, 2.75) is 19.8 Å². The molecule has 2 nitrogen and oxygen atoms in total. The molecule has 1 aliphatic carbocycles. The van der Waals surface area contributed by atoms with Crippen LogP contribution in [0.3, 0.4) is 0 Å². The Morgan fingerprint density at radius 2 is 2.18 bits per heavy atom. The highest BCUT2D eigenvalue weighted by Crippen LogP contribution is 2.43. The van der Waals surface area contributed by atoms with Crippen LogP contribution in [0.4, 0.5) is 0 Å². The van der Waals surface area contributed by atoms with E-state index in [4.69, 9.17) is 0 Å². The number of hydrogen-bond acceptors (Lipinski definition) is 2. The lowest BCUT2D eigenvalue weighted by molar-refractivity contribution is 0.511. The maximum Gasteiger partial charge on any atom is 0.0357 e. The third-order valence-corrected chi connectivity index (χ3v) is 3.00. The molecular formula is C8H17NOS. The summed E-state index contributed by atoms with van der Waals surface area (Å²) < 4.78 is 10.7. The van der Waals surface area contributed by atoms with E-state index in [1.807, 2.05) is 0 Å². The molecule has 0 spiro atoms. The van der Waals surface area contributed by atoms with Crippen molar-refractivity contribution in [2.75, 3.05) is 25.1 Å². The van der Waals surface area contributed by atoms with E-state index in [0.29, 0.717) is 5.41 Å². The Labute approximate surface area is 71.2 Å². The predicted octanol–water partition coefficient (Wildman–Crippen LogP) is 0.755. The van der Waals surface area contributed by atoms with Gasteiger partial charge in [0.15, 0.2) is 0 Å². The van der Waals surface area contributed by atoms with Gasteiger partial charge in [-0.1, -0.05) is 6.92 Å². The third kappa shape index (κ3) is 3.87. The van der Waals surface area contributed by atoms with E-state index in [-0.39, 0.29) is 0 Å². The molecule has 11 heavy (non-hydrogen) atoms. The van der Waals surface area contributed by atoms with Gasteiger partial charge in [0.2, 0.25) is 0 Å². The zero-order valence-corrected chi connectivity index (χ0v) is 8.17. The van der Waals surface area contributed by atoms with Gasteiger partial charge in [-0.15, -0.1) is 0 Å². The average Bonchev–Trinajstić information content (AvgIpc) is 2.62. The van der Waals surface area contributed by atoms with Crippen molar-refractivity contribution in [3.05, 3.63) is 0 Å². The van der Waals surface area contributed by atoms with Gasteiger partial charge in [0.25, 0.3) is 0 Å². The van der Waals surface area contributed by atoms with Crippen LogP contribution in [-0.4, -0.2) is 29.3 Å². The highest BCUT2D eigenvalue weighted by atomic mass is 32.2. The Morgan fingerprint density at radius 1 is 1.55 bits per heavy atom. The molecule has 0 amide bonds. The second-order valence-electron chi connectivity index (χ2n) is 3.76. The number of hydrogen-bond donors (Lipinski definition) is 1. The lowest BCUT2D eigenvalue weighted by atomic mass is 10.1. The van der Waals surface area contributed by atoms with Gasteiger partial charge in [-0.05, 0) is 18.3 Å². The first-order valence-corrected chi connectivity index (χ1v) is 5.86. The molecular weight excluding hydrogens is 158 g/mol. The molecule has 0 aliphatic heterocycles. The van der Waals surface area contributed by atoms with Gasteiger partial charge in [0.05, 0.1) is 0 Å². The van der Waals surface area contributed by atoms with Crippen molar-refractivity contribution < 1.29 is 4.21 Å². The third-order valence-electron chi connectivity index (χ3n) is 2.22. The smallest absolute Gasteiger partial charge is 0.0357 e. The summed E-state index contributed by atoms with van der Waals surface area (Å²) in [5, 5.41) is 3.33. The monoisotopic (exact) mass is 175 g/mol. The van der Waals surface area contributed by atoms with Crippen molar-refractivity contribution >= 4 is 10.8 Å². The molecule has 0 aromatic heterocycles. The molecule has 1 rings (SSSR count). The Balaban J connectivity index is 1.92. The van der Waals surface area contributed by atoms with Gasteiger partial charge >= 0.3 is 0 Å². The van der Waals surface area contributed by atoms with Crippen LogP contribution in [-0.2, 0) is 10.8 Å². The second kappa shape index (κ2) is 3.68. The zero-order chi connectivity index (χ0) is 8.32. The summed E-state index contributed by atoms with van der Waals surface area (Å²) in [4.78, 5) is 0. The van der Waals surface area contributed by atoms with Crippen molar-refractivity contribution in [2.24, 2.45) is 5.41 Å². The Kier molecular flexibility index (Phi) is 3.07. The van der Waals surface area contributed by atoms with Crippen molar-refractivity contribution in [1.29, 1.82) is 0 Å². The Hall–Kier alpha value is 0.110. The van der Waals surface area contributed by atoms with E-state index in [1.165, 1.54) is 12.8 Å². The molecule has 3 heteroatoms. The molecule has 0 aromatic carbocycles. The molecule has 1 unspecified atom stereocenters. The summed E-state index contributed by atoms with van der Waals surface area (Å²) in [7, 11) is -0.636. The summed E-state index contributed by atoms with van der Waals surface area (Å²) in [5.74, 6) is 0.788. The van der Waals surface area contributed by atoms with Crippen LogP contribution in [0.25, 0.3) is 0 Å². The first kappa shape index (κ1) is 9.20. The Bertz CT molecular complexity index is 154. The average molecular weight is 175 g/mol. The first-order chi connectivity index (χ1) is 5.12. The predicted molar refractivity (Wildman–Crippen MR) is 49.1 cm³/mol. The second-order valence-corrected chi connectivity index (χ2v) is 5.32. The van der Waals surface area contributed by atoms with Gasteiger partial charge in [-0.3, -0.25) is 4.21 Å². The minimum Gasteiger partial charge on any atom is -0.315 e. The minimum absolute atomic E-state index is 0.579. The fraction of sp³-hybridized carbons (Fsp3) is 1.00. The lowest BCUT2D eigenvalue weighted by Crippen LogP contribution is -2.26. The normalized spacial score (nSPS) is 23.1. The molecule has 1 atom stereocenters. The standard InChI is InChI=1S/C8H17NOS/c1-8(3-4-8)7-9-5-6-11(2)10/h9H,3-7H2,1-2H3. The van der Waals surface area contributed by atoms with Gasteiger partial charge in [0, 0.05) is 35.9 Å². The minimum atomic E-state index is -0.636. The highest BCUT2D eigenvalue weighted by molar-refractivity contribution is 7.84. The quantitative estimate of drug-likeness (QED) is 0.625. The molecule has 1 N–H and O–H groups in total. The van der Waals surface area contributed by atoms with Crippen molar-refractivity contribution in [3.8, 4) is 0 Å². The largest absolute Gasteiger partial charge is 0.315 e. The summed E-state index contributed by atoms with van der Waals surface area (Å²) in [6, 6.07) is 0. The summed E-state index contributed by atoms with van der Waals surface area (Å²) in [5.41, 5.74) is 0.579. The Morgan fingerprint density at radius 3 is 2.64 bits per heavy atom. The lowest BCUT2D eigenvalue weighted by Gasteiger charge is -2.08. The molecule has 0 aromatic rings. The highest BCUT2D eigenvalue weighted by Gasteiger charge is 2.36. The molecule has 0 heterocycles. The van der Waals surface area contributed by atoms with Gasteiger partial charge in [-0.2, -0.15) is 0 Å². The summed E-state index contributed by atoms with van der Waals surface area (Å²) in [6.07, 6.45) is 4.46. The summed E-state index contributed by atoms with van der Waals surface area (Å²) >= 11 is 0. The van der Waals surface area contributed by atoms with E-state index in [1.54, 1.807) is 6.26 Å². The van der Waals surface area contributed by atoms with E-state index in [0.717, 1.165) is 18.8 Å². The maximum atomic E-state index is 10.7. The topological polar surface area (TPSA) is 29.1 Å². The van der Waals surface area contributed by atoms with Crippen LogP contribution >= 0.6 is 0 Å². The fourth-order valence-electron chi connectivity index (χ4n) is 0.996. The van der Waals surface area contributed by atoms with Gasteiger partial charge in [0.1, 0.15) is 0 Å². The van der Waals surface area contributed by atoms with Crippen LogP contribution in [0.1, 0.15) is 19.8 Å². The van der Waals surface area contributed by atoms with E-state index in [9.17, 15) is 4.21 Å². The zero-order valence-electron chi connectivity index (χ0n) is 7.35. The maximum absolute atomic E-state index is 10.7. The number of rotatable bonds is 5. The molecule has 0 bridgehead atoms. The van der Waals surface area contributed by atoms with E-state index in [2.05, 4.69) is 12.2 Å². The molecule has 1 aliphatic rings. The van der Waals surface area contributed by atoms with Gasteiger partial charge < -0.3 is 5.32 Å². The van der Waals surface area contributed by atoms with Crippen molar-refractivity contribution in [3.63, 3.8) is 0 Å². The van der Waals surface area contributed by atoms with E-state index < -0.39 is 10.8 Å². The number of nitrogens with one attached hydrogen (secondary N) is 1. The van der Waals surface area contributed by atoms with Crippen LogP contribution < -0.4 is 5.32 Å². The van der Waals surface area contributed by atoms with Crippen LogP contribution in [0.2, 0.25) is 0 Å². The van der Waals surface area contributed by atoms with Gasteiger partial charge in [-0.25, -0.2) is 0 Å². The molecule has 0 radical (unpaired) electrons. The van der Waals surface area contributed by atoms with Crippen LogP contribution in [0.5, 0.6) is 0 Å². The SMILES string of the molecule is CS(=O)CCNCC1(C)CC1. The fourth-order valence-corrected chi connectivity index (χ4v) is 1.43. The first-order valence-electron chi connectivity index (χ1n) is 4.13. The summed E-state index contributed by atoms with van der Waals surface area (Å²) in [6.45, 7) is 4.30. The van der Waals surface area contributed by atoms with Crippen LogP contribution in [0.15, 0.2) is 0 Å². The van der Waals surface area contributed by atoms with Crippen molar-refractivity contribution in [1.82, 2.24) is 5.32 Å². The van der Waals surface area contributed by atoms with E-state index >= 15 is 0 Å².